The van der Waals surface area contributed by atoms with Gasteiger partial charge in [-0.15, -0.1) is 0 Å². The third kappa shape index (κ3) is 14.3. The van der Waals surface area contributed by atoms with E-state index in [1.165, 1.54) is 12.0 Å². The third-order valence-electron chi connectivity index (χ3n) is 8.00. The standard InChI is InChI=1S/C30H50N4O17P2/c1-29(2)19-48-52(41,50-25(29)27(39)32-9-6-23(37)43-5)46-15-11-31-21(35)8-14-45-24(38)7-10-33-28(40)26-30(3,4)20-49-53(42,51-26)47-17-13-34-12-16-44-18-22(34)36/h25-26H,6-20H2,1-5H3,(H,31,35)(H,32,39)(H,33,40)/t25-,26-,52-,53?/m0/s1. The number of ether oxygens (including phenoxy) is 3. The fourth-order valence-corrected chi connectivity index (χ4v) is 8.14. The van der Waals surface area contributed by atoms with Crippen molar-refractivity contribution in [2.75, 3.05) is 86.1 Å². The van der Waals surface area contributed by atoms with Gasteiger partial charge in [0, 0.05) is 43.6 Å². The van der Waals surface area contributed by atoms with E-state index >= 15 is 0 Å². The third-order valence-corrected chi connectivity index (χ3v) is 10.8. The van der Waals surface area contributed by atoms with Crippen LogP contribution in [0.3, 0.4) is 0 Å². The second-order valence-electron chi connectivity index (χ2n) is 13.5. The number of nitrogens with one attached hydrogen (secondary N) is 3. The lowest BCUT2D eigenvalue weighted by molar-refractivity contribution is -0.145. The summed E-state index contributed by atoms with van der Waals surface area (Å²) < 4.78 is 72.7. The summed E-state index contributed by atoms with van der Waals surface area (Å²) in [6.07, 6.45) is -2.94. The van der Waals surface area contributed by atoms with Gasteiger partial charge in [-0.3, -0.25) is 55.9 Å². The van der Waals surface area contributed by atoms with Gasteiger partial charge in [-0.25, -0.2) is 9.13 Å². The molecule has 3 saturated heterocycles. The van der Waals surface area contributed by atoms with Gasteiger partial charge in [0.25, 0.3) is 0 Å². The predicted molar refractivity (Wildman–Crippen MR) is 180 cm³/mol. The lowest BCUT2D eigenvalue weighted by Crippen LogP contribution is -2.50. The van der Waals surface area contributed by atoms with Gasteiger partial charge in [0.05, 0.1) is 59.4 Å². The van der Waals surface area contributed by atoms with E-state index in [2.05, 4.69) is 20.7 Å². The number of hydrogen-bond donors (Lipinski definition) is 3. The SMILES string of the molecule is COC(=O)CCNC(=O)[C@@H]1O[P@@](=O)(OCCNC(=O)CCOC(=O)CCNC(=O)[C@@H]2OP(=O)(OCCN3CCOCC3=O)OCC2(C)C)OCC1(C)C. The van der Waals surface area contributed by atoms with Crippen molar-refractivity contribution in [1.82, 2.24) is 20.9 Å². The number of rotatable bonds is 19. The molecule has 53 heavy (non-hydrogen) atoms. The fourth-order valence-electron chi connectivity index (χ4n) is 4.87. The van der Waals surface area contributed by atoms with Gasteiger partial charge in [-0.1, -0.05) is 27.7 Å². The molecule has 4 atom stereocenters. The first-order valence-electron chi connectivity index (χ1n) is 16.9. The Hall–Kier alpha value is -3.00. The molecule has 0 aromatic carbocycles. The molecular formula is C30H50N4O17P2. The average molecular weight is 801 g/mol. The maximum atomic E-state index is 13.1. The van der Waals surface area contributed by atoms with E-state index in [1.54, 1.807) is 27.7 Å². The fraction of sp³-hybridized carbons (Fsp3) is 0.800. The molecule has 0 aromatic rings. The summed E-state index contributed by atoms with van der Waals surface area (Å²) >= 11 is 0. The number of nitrogens with zero attached hydrogens (tertiary/aromatic N) is 1. The molecule has 0 bridgehead atoms. The Balaban J connectivity index is 1.30. The minimum atomic E-state index is -4.16. The quantitative estimate of drug-likeness (QED) is 0.0896. The summed E-state index contributed by atoms with van der Waals surface area (Å²) in [7, 11) is -7.06. The molecule has 1 unspecified atom stereocenters. The summed E-state index contributed by atoms with van der Waals surface area (Å²) in [4.78, 5) is 74.6. The molecule has 302 valence electrons. The van der Waals surface area contributed by atoms with E-state index in [9.17, 15) is 37.9 Å². The summed E-state index contributed by atoms with van der Waals surface area (Å²) in [5.41, 5.74) is -1.76. The van der Waals surface area contributed by atoms with E-state index in [0.717, 1.165) is 0 Å². The van der Waals surface area contributed by atoms with E-state index < -0.39 is 68.3 Å². The number of carbonyl (C=O) groups excluding carboxylic acids is 6. The van der Waals surface area contributed by atoms with Crippen LogP contribution in [0, 0.1) is 10.8 Å². The topological polar surface area (TPSA) is 259 Å². The highest BCUT2D eigenvalue weighted by Gasteiger charge is 2.50. The van der Waals surface area contributed by atoms with Crippen LogP contribution in [-0.2, 0) is 79.3 Å². The Morgan fingerprint density at radius 1 is 0.774 bits per heavy atom. The lowest BCUT2D eigenvalue weighted by Gasteiger charge is -2.39. The van der Waals surface area contributed by atoms with Crippen molar-refractivity contribution in [3.8, 4) is 0 Å². The summed E-state index contributed by atoms with van der Waals surface area (Å²) in [6, 6.07) is 0. The maximum absolute atomic E-state index is 13.1. The van der Waals surface area contributed by atoms with E-state index in [-0.39, 0.29) is 91.0 Å². The molecule has 0 saturated carbocycles. The monoisotopic (exact) mass is 800 g/mol. The highest BCUT2D eigenvalue weighted by Crippen LogP contribution is 2.58. The molecule has 4 amide bonds. The number of esters is 2. The van der Waals surface area contributed by atoms with Crippen molar-refractivity contribution in [2.45, 2.75) is 59.2 Å². The van der Waals surface area contributed by atoms with E-state index in [0.29, 0.717) is 13.2 Å². The Kier molecular flexibility index (Phi) is 16.8. The molecule has 0 spiro atoms. The lowest BCUT2D eigenvalue weighted by atomic mass is 9.87. The first-order valence-corrected chi connectivity index (χ1v) is 19.9. The van der Waals surface area contributed by atoms with Gasteiger partial charge in [-0.05, 0) is 0 Å². The van der Waals surface area contributed by atoms with Crippen LogP contribution >= 0.6 is 15.6 Å². The number of morpholine rings is 1. The van der Waals surface area contributed by atoms with Crippen LogP contribution < -0.4 is 16.0 Å². The minimum absolute atomic E-state index is 0.0133. The number of phosphoric ester groups is 2. The van der Waals surface area contributed by atoms with Gasteiger partial charge < -0.3 is 35.1 Å². The summed E-state index contributed by atoms with van der Waals surface area (Å²) in [5.74, 6) is -3.21. The molecule has 3 heterocycles. The molecule has 23 heteroatoms. The van der Waals surface area contributed by atoms with Crippen LogP contribution in [-0.4, -0.2) is 139 Å². The second kappa shape index (κ2) is 20.1. The number of hydrogen-bond acceptors (Lipinski definition) is 17. The number of carbonyl (C=O) groups is 6. The Labute approximate surface area is 307 Å². The zero-order valence-electron chi connectivity index (χ0n) is 30.5. The predicted octanol–water partition coefficient (Wildman–Crippen LogP) is 0.213. The molecule has 0 radical (unpaired) electrons. The van der Waals surface area contributed by atoms with Crippen molar-refractivity contribution < 1.29 is 79.3 Å². The number of methoxy groups -OCH3 is 1. The summed E-state index contributed by atoms with van der Waals surface area (Å²) in [5, 5.41) is 7.57. The van der Waals surface area contributed by atoms with Crippen molar-refractivity contribution in [3.05, 3.63) is 0 Å². The van der Waals surface area contributed by atoms with Crippen LogP contribution in [0.25, 0.3) is 0 Å². The normalized spacial score (nSPS) is 26.6. The molecule has 21 nitrogen and oxygen atoms in total. The molecular weight excluding hydrogens is 750 g/mol. The molecule has 0 aromatic heterocycles. The first-order chi connectivity index (χ1) is 24.9. The Morgan fingerprint density at radius 2 is 1.32 bits per heavy atom. The highest BCUT2D eigenvalue weighted by atomic mass is 31.2. The van der Waals surface area contributed by atoms with Crippen LogP contribution in [0.1, 0.15) is 47.0 Å². The van der Waals surface area contributed by atoms with Gasteiger partial charge in [0.2, 0.25) is 23.6 Å². The van der Waals surface area contributed by atoms with Crippen LogP contribution in [0.2, 0.25) is 0 Å². The highest BCUT2D eigenvalue weighted by molar-refractivity contribution is 7.48. The van der Waals surface area contributed by atoms with Gasteiger partial charge in [0.15, 0.2) is 12.2 Å². The molecule has 3 aliphatic heterocycles. The smallest absolute Gasteiger partial charge is 0.469 e. The minimum Gasteiger partial charge on any atom is -0.469 e. The van der Waals surface area contributed by atoms with Gasteiger partial charge in [-0.2, -0.15) is 0 Å². The summed E-state index contributed by atoms with van der Waals surface area (Å²) in [6.45, 7) is 6.31. The van der Waals surface area contributed by atoms with Gasteiger partial charge in [0.1, 0.15) is 13.2 Å². The molecule has 3 N–H and O–H groups in total. The second-order valence-corrected chi connectivity index (χ2v) is 16.7. The zero-order chi connectivity index (χ0) is 39.3. The zero-order valence-corrected chi connectivity index (χ0v) is 32.3. The van der Waals surface area contributed by atoms with Crippen LogP contribution in [0.5, 0.6) is 0 Å². The Bertz CT molecular complexity index is 1430. The average Bonchev–Trinajstić information content (AvgIpc) is 3.10. The van der Waals surface area contributed by atoms with Crippen LogP contribution in [0.15, 0.2) is 0 Å². The number of phosphoric acid groups is 2. The molecule has 3 rings (SSSR count). The molecule has 3 aliphatic rings. The van der Waals surface area contributed by atoms with E-state index in [1.807, 2.05) is 0 Å². The molecule has 3 fully saturated rings. The van der Waals surface area contributed by atoms with Crippen molar-refractivity contribution in [3.63, 3.8) is 0 Å². The van der Waals surface area contributed by atoms with E-state index in [4.69, 9.17) is 36.6 Å². The maximum Gasteiger partial charge on any atom is 0.475 e. The van der Waals surface area contributed by atoms with Crippen LogP contribution in [0.4, 0.5) is 0 Å². The van der Waals surface area contributed by atoms with Gasteiger partial charge >= 0.3 is 27.6 Å². The van der Waals surface area contributed by atoms with Crippen molar-refractivity contribution >= 4 is 51.2 Å². The largest absolute Gasteiger partial charge is 0.475 e. The molecule has 0 aliphatic carbocycles. The number of amides is 4. The first kappa shape index (κ1) is 44.4. The van der Waals surface area contributed by atoms with Crippen molar-refractivity contribution in [1.29, 1.82) is 0 Å². The van der Waals surface area contributed by atoms with Crippen molar-refractivity contribution in [2.24, 2.45) is 10.8 Å². The Morgan fingerprint density at radius 3 is 1.87 bits per heavy atom.